The van der Waals surface area contributed by atoms with E-state index in [0.717, 1.165) is 18.4 Å². The number of halogens is 2. The molecular formula is C11H15F2N. The molecule has 1 unspecified atom stereocenters. The van der Waals surface area contributed by atoms with Crippen molar-refractivity contribution in [2.24, 2.45) is 5.73 Å². The van der Waals surface area contributed by atoms with Crippen LogP contribution in [0.4, 0.5) is 8.78 Å². The quantitative estimate of drug-likeness (QED) is 0.792. The van der Waals surface area contributed by atoms with Gasteiger partial charge in [-0.15, -0.1) is 0 Å². The molecule has 0 heterocycles. The van der Waals surface area contributed by atoms with E-state index in [1.165, 1.54) is 12.1 Å². The second-order valence-electron chi connectivity index (χ2n) is 3.41. The Kier molecular flexibility index (Phi) is 4.01. The van der Waals surface area contributed by atoms with Gasteiger partial charge in [0.1, 0.15) is 0 Å². The first-order valence-corrected chi connectivity index (χ1v) is 4.76. The number of nitrogens with two attached hydrogens (primary N) is 1. The third kappa shape index (κ3) is 3.07. The largest absolute Gasteiger partial charge is 0.327 e. The Balaban J connectivity index is 2.64. The molecule has 0 aliphatic rings. The van der Waals surface area contributed by atoms with Crippen molar-refractivity contribution in [1.29, 1.82) is 0 Å². The lowest BCUT2D eigenvalue weighted by atomic mass is 10.0. The van der Waals surface area contributed by atoms with E-state index in [4.69, 9.17) is 5.73 Å². The number of benzene rings is 1. The third-order valence-corrected chi connectivity index (χ3v) is 2.25. The number of hydrogen-bond donors (Lipinski definition) is 1. The molecule has 2 N–H and O–H groups in total. The van der Waals surface area contributed by atoms with Crippen LogP contribution in [-0.2, 0) is 6.42 Å². The molecule has 0 spiro atoms. The monoisotopic (exact) mass is 199 g/mol. The van der Waals surface area contributed by atoms with Crippen molar-refractivity contribution in [2.75, 3.05) is 0 Å². The molecular weight excluding hydrogens is 184 g/mol. The van der Waals surface area contributed by atoms with Crippen LogP contribution in [0.15, 0.2) is 24.3 Å². The maximum Gasteiger partial charge on any atom is 0.263 e. The summed E-state index contributed by atoms with van der Waals surface area (Å²) in [5.41, 5.74) is 6.84. The predicted octanol–water partition coefficient (Wildman–Crippen LogP) is 2.90. The van der Waals surface area contributed by atoms with Gasteiger partial charge in [0.05, 0.1) is 0 Å². The zero-order valence-electron chi connectivity index (χ0n) is 8.21. The summed E-state index contributed by atoms with van der Waals surface area (Å²) < 4.78 is 24.4. The lowest BCUT2D eigenvalue weighted by Crippen LogP contribution is -2.21. The van der Waals surface area contributed by atoms with E-state index in [-0.39, 0.29) is 11.6 Å². The highest BCUT2D eigenvalue weighted by molar-refractivity contribution is 5.23. The van der Waals surface area contributed by atoms with Crippen LogP contribution in [0.5, 0.6) is 0 Å². The minimum atomic E-state index is -2.39. The molecule has 0 aliphatic carbocycles. The molecule has 1 atom stereocenters. The van der Waals surface area contributed by atoms with Crippen molar-refractivity contribution in [3.8, 4) is 0 Å². The summed E-state index contributed by atoms with van der Waals surface area (Å²) in [6.07, 6.45) is -0.736. The van der Waals surface area contributed by atoms with Gasteiger partial charge in [0.25, 0.3) is 6.43 Å². The van der Waals surface area contributed by atoms with E-state index in [2.05, 4.69) is 0 Å². The van der Waals surface area contributed by atoms with Crippen LogP contribution < -0.4 is 5.73 Å². The summed E-state index contributed by atoms with van der Waals surface area (Å²) in [5.74, 6) is 0. The van der Waals surface area contributed by atoms with Crippen LogP contribution in [0, 0.1) is 0 Å². The van der Waals surface area contributed by atoms with Gasteiger partial charge >= 0.3 is 0 Å². The molecule has 1 rings (SSSR count). The zero-order valence-corrected chi connectivity index (χ0v) is 8.21. The van der Waals surface area contributed by atoms with Gasteiger partial charge in [-0.05, 0) is 18.4 Å². The Bertz CT molecular complexity index is 269. The van der Waals surface area contributed by atoms with Crippen LogP contribution in [0.3, 0.4) is 0 Å². The number of rotatable bonds is 4. The van der Waals surface area contributed by atoms with Crippen molar-refractivity contribution in [3.63, 3.8) is 0 Å². The fourth-order valence-corrected chi connectivity index (χ4v) is 1.25. The van der Waals surface area contributed by atoms with Crippen LogP contribution in [0.2, 0.25) is 0 Å². The van der Waals surface area contributed by atoms with E-state index >= 15 is 0 Å². The fraction of sp³-hybridized carbons (Fsp3) is 0.455. The highest BCUT2D eigenvalue weighted by Crippen LogP contribution is 2.19. The molecule has 0 bridgehead atoms. The Morgan fingerprint density at radius 2 is 1.79 bits per heavy atom. The second-order valence-corrected chi connectivity index (χ2v) is 3.41. The van der Waals surface area contributed by atoms with Crippen molar-refractivity contribution >= 4 is 0 Å². The van der Waals surface area contributed by atoms with Gasteiger partial charge in [0.15, 0.2) is 0 Å². The standard InChI is InChI=1S/C11H15F2N/c1-2-10(14)7-8-3-5-9(6-4-8)11(12)13/h3-6,10-11H,2,7,14H2,1H3. The van der Waals surface area contributed by atoms with Gasteiger partial charge in [-0.1, -0.05) is 31.2 Å². The smallest absolute Gasteiger partial charge is 0.263 e. The minimum absolute atomic E-state index is 0.0684. The van der Waals surface area contributed by atoms with Gasteiger partial charge in [0, 0.05) is 11.6 Å². The van der Waals surface area contributed by atoms with Crippen molar-refractivity contribution < 1.29 is 8.78 Å². The molecule has 0 saturated carbocycles. The molecule has 0 aliphatic heterocycles. The highest BCUT2D eigenvalue weighted by Gasteiger charge is 2.06. The first kappa shape index (κ1) is 11.1. The van der Waals surface area contributed by atoms with E-state index in [1.807, 2.05) is 6.92 Å². The summed E-state index contributed by atoms with van der Waals surface area (Å²) in [6, 6.07) is 6.48. The fourth-order valence-electron chi connectivity index (χ4n) is 1.25. The van der Waals surface area contributed by atoms with Crippen molar-refractivity contribution in [1.82, 2.24) is 0 Å². The summed E-state index contributed by atoms with van der Waals surface area (Å²) in [7, 11) is 0. The average Bonchev–Trinajstić information content (AvgIpc) is 2.18. The second kappa shape index (κ2) is 5.05. The number of hydrogen-bond acceptors (Lipinski definition) is 1. The van der Waals surface area contributed by atoms with Crippen LogP contribution in [0.25, 0.3) is 0 Å². The summed E-state index contributed by atoms with van der Waals surface area (Å²) in [6.45, 7) is 2.01. The Labute approximate surface area is 82.9 Å². The lowest BCUT2D eigenvalue weighted by molar-refractivity contribution is 0.151. The molecule has 1 nitrogen and oxygen atoms in total. The summed E-state index contributed by atoms with van der Waals surface area (Å²) >= 11 is 0. The SMILES string of the molecule is CCC(N)Cc1ccc(C(F)F)cc1. The molecule has 0 saturated heterocycles. The molecule has 0 amide bonds. The highest BCUT2D eigenvalue weighted by atomic mass is 19.3. The first-order valence-electron chi connectivity index (χ1n) is 4.76. The predicted molar refractivity (Wildman–Crippen MR) is 53.4 cm³/mol. The van der Waals surface area contributed by atoms with Crippen LogP contribution >= 0.6 is 0 Å². The lowest BCUT2D eigenvalue weighted by Gasteiger charge is -2.08. The van der Waals surface area contributed by atoms with Crippen LogP contribution in [0.1, 0.15) is 30.9 Å². The van der Waals surface area contributed by atoms with Crippen molar-refractivity contribution in [3.05, 3.63) is 35.4 Å². The summed E-state index contributed by atoms with van der Waals surface area (Å²) in [4.78, 5) is 0. The van der Waals surface area contributed by atoms with Gasteiger partial charge < -0.3 is 5.73 Å². The molecule has 14 heavy (non-hydrogen) atoms. The van der Waals surface area contributed by atoms with Gasteiger partial charge in [-0.25, -0.2) is 8.78 Å². The topological polar surface area (TPSA) is 26.0 Å². The summed E-state index contributed by atoms with van der Waals surface area (Å²) in [5, 5.41) is 0. The molecule has 0 fully saturated rings. The molecule has 1 aromatic carbocycles. The molecule has 0 aromatic heterocycles. The van der Waals surface area contributed by atoms with E-state index in [0.29, 0.717) is 0 Å². The maximum atomic E-state index is 12.2. The Morgan fingerprint density at radius 1 is 1.21 bits per heavy atom. The maximum absolute atomic E-state index is 12.2. The molecule has 3 heteroatoms. The van der Waals surface area contributed by atoms with E-state index in [1.54, 1.807) is 12.1 Å². The van der Waals surface area contributed by atoms with E-state index < -0.39 is 6.43 Å². The number of alkyl halides is 2. The molecule has 1 aromatic rings. The average molecular weight is 199 g/mol. The zero-order chi connectivity index (χ0) is 10.6. The third-order valence-electron chi connectivity index (χ3n) is 2.25. The van der Waals surface area contributed by atoms with Gasteiger partial charge in [-0.2, -0.15) is 0 Å². The molecule has 78 valence electrons. The van der Waals surface area contributed by atoms with Gasteiger partial charge in [-0.3, -0.25) is 0 Å². The van der Waals surface area contributed by atoms with Gasteiger partial charge in [0.2, 0.25) is 0 Å². The van der Waals surface area contributed by atoms with Crippen molar-refractivity contribution in [2.45, 2.75) is 32.2 Å². The van der Waals surface area contributed by atoms with Crippen LogP contribution in [-0.4, -0.2) is 6.04 Å². The Hall–Kier alpha value is -0.960. The minimum Gasteiger partial charge on any atom is -0.327 e. The normalized spacial score (nSPS) is 13.2. The molecule has 0 radical (unpaired) electrons. The Morgan fingerprint density at radius 3 is 2.21 bits per heavy atom. The first-order chi connectivity index (χ1) is 6.63. The van der Waals surface area contributed by atoms with E-state index in [9.17, 15) is 8.78 Å².